The number of methoxy groups -OCH3 is 3. The number of ether oxygens (including phenoxy) is 3. The maximum absolute atomic E-state index is 6.26. The smallest absolute Gasteiger partial charge is 0.220 e. The van der Waals surface area contributed by atoms with Gasteiger partial charge in [0.1, 0.15) is 5.66 Å². The van der Waals surface area contributed by atoms with Crippen molar-refractivity contribution in [3.63, 3.8) is 0 Å². The summed E-state index contributed by atoms with van der Waals surface area (Å²) in [5.74, 6) is 2.19. The van der Waals surface area contributed by atoms with Gasteiger partial charge in [0, 0.05) is 12.1 Å². The van der Waals surface area contributed by atoms with Crippen LogP contribution >= 0.6 is 0 Å². The molecule has 1 saturated carbocycles. The van der Waals surface area contributed by atoms with Crippen LogP contribution in [0.1, 0.15) is 32.1 Å². The minimum absolute atomic E-state index is 0.225. The second-order valence-corrected chi connectivity index (χ2v) is 6.20. The average molecular weight is 347 g/mol. The minimum Gasteiger partial charge on any atom is -0.493 e. The van der Waals surface area contributed by atoms with Crippen molar-refractivity contribution in [3.05, 3.63) is 12.1 Å². The Bertz CT molecular complexity index is 685. The summed E-state index contributed by atoms with van der Waals surface area (Å²) in [6.07, 6.45) is 5.02. The van der Waals surface area contributed by atoms with E-state index in [1.165, 1.54) is 6.42 Å². The van der Waals surface area contributed by atoms with Crippen molar-refractivity contribution in [1.82, 2.24) is 0 Å². The van der Waals surface area contributed by atoms with Crippen LogP contribution in [-0.2, 0) is 0 Å². The van der Waals surface area contributed by atoms with Crippen LogP contribution in [0, 0.1) is 0 Å². The van der Waals surface area contributed by atoms with Gasteiger partial charge >= 0.3 is 0 Å². The van der Waals surface area contributed by atoms with Crippen LogP contribution < -0.4 is 30.6 Å². The highest BCUT2D eigenvalue weighted by atomic mass is 16.5. The van der Waals surface area contributed by atoms with Gasteiger partial charge in [0.2, 0.25) is 17.7 Å². The molecule has 2 aliphatic rings. The summed E-state index contributed by atoms with van der Waals surface area (Å²) in [6, 6.07) is 3.72. The number of rotatable bonds is 4. The molecule has 1 aliphatic heterocycles. The molecule has 8 nitrogen and oxygen atoms in total. The van der Waals surface area contributed by atoms with Gasteiger partial charge in [0.15, 0.2) is 11.5 Å². The SMILES string of the molecule is COc1cc(N2C(N)=NC(N)=NC23CCCCC3)cc(OC)c1OC. The molecule has 3 rings (SSSR count). The highest BCUT2D eigenvalue weighted by Crippen LogP contribution is 2.45. The second-order valence-electron chi connectivity index (χ2n) is 6.20. The van der Waals surface area contributed by atoms with Gasteiger partial charge in [-0.1, -0.05) is 6.42 Å². The Hall–Kier alpha value is -2.64. The van der Waals surface area contributed by atoms with Crippen molar-refractivity contribution < 1.29 is 14.2 Å². The van der Waals surface area contributed by atoms with Crippen LogP contribution in [-0.4, -0.2) is 38.9 Å². The zero-order chi connectivity index (χ0) is 18.0. The Labute approximate surface area is 147 Å². The van der Waals surface area contributed by atoms with Gasteiger partial charge in [0.05, 0.1) is 27.0 Å². The van der Waals surface area contributed by atoms with Crippen LogP contribution in [0.2, 0.25) is 0 Å². The fourth-order valence-electron chi connectivity index (χ4n) is 3.69. The van der Waals surface area contributed by atoms with Crippen molar-refractivity contribution in [3.8, 4) is 17.2 Å². The third-order valence-electron chi connectivity index (χ3n) is 4.76. The van der Waals surface area contributed by atoms with Crippen molar-refractivity contribution in [1.29, 1.82) is 0 Å². The summed E-state index contributed by atoms with van der Waals surface area (Å²) in [6.45, 7) is 0. The summed E-state index contributed by atoms with van der Waals surface area (Å²) in [7, 11) is 4.74. The summed E-state index contributed by atoms with van der Waals surface area (Å²) >= 11 is 0. The van der Waals surface area contributed by atoms with Crippen LogP contribution in [0.15, 0.2) is 22.1 Å². The number of aliphatic imine (C=N–C) groups is 2. The third kappa shape index (κ3) is 2.92. The molecule has 1 aromatic carbocycles. The molecule has 1 aromatic rings. The van der Waals surface area contributed by atoms with Gasteiger partial charge in [-0.3, -0.25) is 4.90 Å². The van der Waals surface area contributed by atoms with Crippen molar-refractivity contribution >= 4 is 17.6 Å². The molecular formula is C17H25N5O3. The largest absolute Gasteiger partial charge is 0.493 e. The highest BCUT2D eigenvalue weighted by molar-refractivity contribution is 6.05. The van der Waals surface area contributed by atoms with Gasteiger partial charge in [-0.15, -0.1) is 0 Å². The Balaban J connectivity index is 2.14. The summed E-state index contributed by atoms with van der Waals surface area (Å²) in [4.78, 5) is 10.8. The third-order valence-corrected chi connectivity index (χ3v) is 4.76. The number of guanidine groups is 2. The zero-order valence-electron chi connectivity index (χ0n) is 14.9. The molecule has 8 heteroatoms. The Morgan fingerprint density at radius 3 is 2.08 bits per heavy atom. The molecule has 1 heterocycles. The lowest BCUT2D eigenvalue weighted by Crippen LogP contribution is -2.58. The number of benzene rings is 1. The van der Waals surface area contributed by atoms with E-state index in [0.717, 1.165) is 31.4 Å². The molecule has 0 saturated heterocycles. The van der Waals surface area contributed by atoms with Gasteiger partial charge in [0.25, 0.3) is 0 Å². The molecule has 0 aromatic heterocycles. The molecular weight excluding hydrogens is 322 g/mol. The van der Waals surface area contributed by atoms with Crippen LogP contribution in [0.4, 0.5) is 5.69 Å². The van der Waals surface area contributed by atoms with E-state index in [1.807, 2.05) is 17.0 Å². The van der Waals surface area contributed by atoms with E-state index in [-0.39, 0.29) is 5.96 Å². The monoisotopic (exact) mass is 347 g/mol. The molecule has 4 N–H and O–H groups in total. The van der Waals surface area contributed by atoms with Gasteiger partial charge < -0.3 is 25.7 Å². The number of hydrogen-bond acceptors (Lipinski definition) is 8. The van der Waals surface area contributed by atoms with E-state index in [1.54, 1.807) is 21.3 Å². The number of anilines is 1. The van der Waals surface area contributed by atoms with E-state index in [0.29, 0.717) is 23.2 Å². The maximum Gasteiger partial charge on any atom is 0.220 e. The molecule has 0 bridgehead atoms. The van der Waals surface area contributed by atoms with Crippen molar-refractivity contribution in [2.45, 2.75) is 37.8 Å². The zero-order valence-corrected chi connectivity index (χ0v) is 14.9. The summed E-state index contributed by atoms with van der Waals surface area (Å²) in [5.41, 5.74) is 12.4. The molecule has 1 fully saturated rings. The Morgan fingerprint density at radius 2 is 1.56 bits per heavy atom. The summed E-state index contributed by atoms with van der Waals surface area (Å²) < 4.78 is 16.3. The van der Waals surface area contributed by atoms with Crippen molar-refractivity contribution in [2.24, 2.45) is 21.5 Å². The molecule has 25 heavy (non-hydrogen) atoms. The lowest BCUT2D eigenvalue weighted by Gasteiger charge is -2.45. The highest BCUT2D eigenvalue weighted by Gasteiger charge is 2.43. The van der Waals surface area contributed by atoms with Crippen LogP contribution in [0.3, 0.4) is 0 Å². The number of hydrogen-bond donors (Lipinski definition) is 2. The van der Waals surface area contributed by atoms with Crippen molar-refractivity contribution in [2.75, 3.05) is 26.2 Å². The fourth-order valence-corrected chi connectivity index (χ4v) is 3.69. The quantitative estimate of drug-likeness (QED) is 0.860. The van der Waals surface area contributed by atoms with E-state index < -0.39 is 5.66 Å². The second kappa shape index (κ2) is 6.70. The normalized spacial score (nSPS) is 19.2. The first-order valence-electron chi connectivity index (χ1n) is 8.34. The molecule has 0 unspecified atom stereocenters. The topological polar surface area (TPSA) is 108 Å². The lowest BCUT2D eigenvalue weighted by atomic mass is 9.87. The molecule has 0 amide bonds. The van der Waals surface area contributed by atoms with E-state index in [2.05, 4.69) is 9.98 Å². The predicted molar refractivity (Wildman–Crippen MR) is 97.6 cm³/mol. The number of nitrogens with zero attached hydrogens (tertiary/aromatic N) is 3. The van der Waals surface area contributed by atoms with Gasteiger partial charge in [-0.2, -0.15) is 4.99 Å². The van der Waals surface area contributed by atoms with E-state index in [4.69, 9.17) is 25.7 Å². The van der Waals surface area contributed by atoms with Gasteiger partial charge in [-0.25, -0.2) is 4.99 Å². The molecule has 1 aliphatic carbocycles. The first-order valence-corrected chi connectivity index (χ1v) is 8.34. The Morgan fingerprint density at radius 1 is 0.960 bits per heavy atom. The first kappa shape index (κ1) is 17.2. The molecule has 0 radical (unpaired) electrons. The van der Waals surface area contributed by atoms with Crippen LogP contribution in [0.5, 0.6) is 17.2 Å². The molecule has 0 atom stereocenters. The number of nitrogens with two attached hydrogens (primary N) is 2. The average Bonchev–Trinajstić information content (AvgIpc) is 2.60. The summed E-state index contributed by atoms with van der Waals surface area (Å²) in [5, 5.41) is 0. The molecule has 1 spiro atoms. The first-order chi connectivity index (χ1) is 12.0. The fraction of sp³-hybridized carbons (Fsp3) is 0.529. The van der Waals surface area contributed by atoms with Gasteiger partial charge in [-0.05, 0) is 25.7 Å². The molecule has 136 valence electrons. The predicted octanol–water partition coefficient (Wildman–Crippen LogP) is 1.82. The van der Waals surface area contributed by atoms with E-state index >= 15 is 0 Å². The Kier molecular flexibility index (Phi) is 4.61. The lowest BCUT2D eigenvalue weighted by molar-refractivity contribution is 0.303. The van der Waals surface area contributed by atoms with Crippen LogP contribution in [0.25, 0.3) is 0 Å². The maximum atomic E-state index is 6.26. The van der Waals surface area contributed by atoms with E-state index in [9.17, 15) is 0 Å². The minimum atomic E-state index is -0.515. The standard InChI is InChI=1S/C17H25N5O3/c1-23-12-9-11(10-13(24-2)14(12)25-3)22-16(19)20-15(18)21-17(22)7-5-4-6-8-17/h9-10H,4-8H2,1-3H3,(H4,18,19,20,21).